The molecule has 4 rings (SSSR count). The molecule has 1 aromatic heterocycles. The van der Waals surface area contributed by atoms with Crippen molar-refractivity contribution in [2.45, 2.75) is 32.4 Å². The van der Waals surface area contributed by atoms with Gasteiger partial charge in [-0.15, -0.1) is 0 Å². The monoisotopic (exact) mass is 383 g/mol. The second-order valence-electron chi connectivity index (χ2n) is 8.33. The van der Waals surface area contributed by atoms with Gasteiger partial charge in [-0.25, -0.2) is 4.98 Å². The number of benzene rings is 1. The van der Waals surface area contributed by atoms with Gasteiger partial charge in [-0.3, -0.25) is 9.80 Å². The third-order valence-corrected chi connectivity index (χ3v) is 6.14. The van der Waals surface area contributed by atoms with Gasteiger partial charge in [0.05, 0.1) is 12.1 Å². The lowest BCUT2D eigenvalue weighted by molar-refractivity contribution is 0.188. The maximum Gasteiger partial charge on any atom is 0.133 e. The second-order valence-corrected chi connectivity index (χ2v) is 8.33. The Hall–Kier alpha value is -1.73. The molecule has 2 aromatic rings. The predicted molar refractivity (Wildman–Crippen MR) is 115 cm³/mol. The van der Waals surface area contributed by atoms with Crippen molar-refractivity contribution in [1.82, 2.24) is 14.8 Å². The molecule has 0 unspecified atom stereocenters. The number of hydrogen-bond acceptors (Lipinski definition) is 6. The molecule has 0 saturated carbocycles. The maximum absolute atomic E-state index is 9.21. The number of rotatable bonds is 5. The second kappa shape index (κ2) is 8.74. The van der Waals surface area contributed by atoms with E-state index >= 15 is 0 Å². The lowest BCUT2D eigenvalue weighted by Gasteiger charge is -2.37. The summed E-state index contributed by atoms with van der Waals surface area (Å²) in [4.78, 5) is 12.4. The molecule has 0 spiro atoms. The van der Waals surface area contributed by atoms with Crippen LogP contribution in [0.4, 0.5) is 5.82 Å². The number of β-amino-alcohol motifs (C(OH)–C–C–N with tert-alkyl or cyclic N) is 1. The molecule has 2 saturated heterocycles. The van der Waals surface area contributed by atoms with E-state index in [1.165, 1.54) is 16.5 Å². The van der Waals surface area contributed by atoms with Gasteiger partial charge in [-0.1, -0.05) is 12.1 Å². The Kier molecular flexibility index (Phi) is 6.11. The van der Waals surface area contributed by atoms with E-state index in [1.54, 1.807) is 0 Å². The number of pyridine rings is 1. The summed E-state index contributed by atoms with van der Waals surface area (Å²) in [6.45, 7) is 10.1. The maximum atomic E-state index is 9.21. The fraction of sp³-hybridized carbons (Fsp3) is 0.591. The molecule has 152 valence electrons. The lowest BCUT2D eigenvalue weighted by Crippen LogP contribution is -2.48. The van der Waals surface area contributed by atoms with E-state index in [4.69, 9.17) is 10.7 Å². The van der Waals surface area contributed by atoms with Crippen molar-refractivity contribution in [3.05, 3.63) is 35.4 Å². The molecule has 6 heteroatoms. The molecule has 6 nitrogen and oxygen atoms in total. The minimum absolute atomic E-state index is 0.232. The zero-order valence-corrected chi connectivity index (χ0v) is 17.0. The topological polar surface area (TPSA) is 68.9 Å². The van der Waals surface area contributed by atoms with Crippen LogP contribution in [0.3, 0.4) is 0 Å². The van der Waals surface area contributed by atoms with Crippen LogP contribution in [-0.2, 0) is 6.54 Å². The standard InChI is InChI=1S/C22H33N5O/c1-17-2-3-18-15-19(16-26-6-4-20(23)5-7-26)22(24-21(18)14-17)27-10-8-25(9-11-27)12-13-28/h2-3,14-15,20,28H,4-13,16,23H2,1H3. The minimum Gasteiger partial charge on any atom is -0.395 e. The summed E-state index contributed by atoms with van der Waals surface area (Å²) in [6, 6.07) is 9.24. The van der Waals surface area contributed by atoms with Gasteiger partial charge in [0.2, 0.25) is 0 Å². The molecule has 0 aliphatic carbocycles. The van der Waals surface area contributed by atoms with Crippen LogP contribution in [0.1, 0.15) is 24.0 Å². The molecule has 2 aliphatic heterocycles. The molecule has 3 N–H and O–H groups in total. The molecule has 0 amide bonds. The third kappa shape index (κ3) is 4.46. The largest absolute Gasteiger partial charge is 0.395 e. The number of piperidine rings is 1. The number of anilines is 1. The molecular formula is C22H33N5O. The van der Waals surface area contributed by atoms with Crippen LogP contribution in [0, 0.1) is 6.92 Å². The Morgan fingerprint density at radius 1 is 1.04 bits per heavy atom. The quantitative estimate of drug-likeness (QED) is 0.817. The highest BCUT2D eigenvalue weighted by Crippen LogP contribution is 2.27. The highest BCUT2D eigenvalue weighted by Gasteiger charge is 2.23. The van der Waals surface area contributed by atoms with E-state index in [9.17, 15) is 5.11 Å². The predicted octanol–water partition coefficient (Wildman–Crippen LogP) is 1.58. The van der Waals surface area contributed by atoms with Crippen molar-refractivity contribution in [2.75, 3.05) is 57.3 Å². The number of aliphatic hydroxyl groups excluding tert-OH is 1. The smallest absolute Gasteiger partial charge is 0.133 e. The third-order valence-electron chi connectivity index (χ3n) is 6.14. The average Bonchev–Trinajstić information content (AvgIpc) is 2.70. The van der Waals surface area contributed by atoms with E-state index in [0.717, 1.165) is 76.5 Å². The number of nitrogens with two attached hydrogens (primary N) is 1. The summed E-state index contributed by atoms with van der Waals surface area (Å²) in [5.74, 6) is 1.14. The molecule has 2 aliphatic rings. The van der Waals surface area contributed by atoms with Crippen LogP contribution in [-0.4, -0.2) is 78.4 Å². The van der Waals surface area contributed by atoms with Crippen LogP contribution in [0.2, 0.25) is 0 Å². The van der Waals surface area contributed by atoms with E-state index < -0.39 is 0 Å². The highest BCUT2D eigenvalue weighted by atomic mass is 16.3. The molecule has 0 atom stereocenters. The zero-order chi connectivity index (χ0) is 19.5. The number of aromatic nitrogens is 1. The first-order valence-electron chi connectivity index (χ1n) is 10.6. The highest BCUT2D eigenvalue weighted by molar-refractivity contribution is 5.82. The number of nitrogens with zero attached hydrogens (tertiary/aromatic N) is 4. The first-order valence-corrected chi connectivity index (χ1v) is 10.6. The zero-order valence-electron chi connectivity index (χ0n) is 17.0. The fourth-order valence-electron chi connectivity index (χ4n) is 4.38. The van der Waals surface area contributed by atoms with Crippen molar-refractivity contribution >= 4 is 16.7 Å². The van der Waals surface area contributed by atoms with Gasteiger partial charge < -0.3 is 15.7 Å². The number of aliphatic hydroxyl groups is 1. The van der Waals surface area contributed by atoms with Gasteiger partial charge in [0, 0.05) is 56.3 Å². The Bertz CT molecular complexity index is 795. The SMILES string of the molecule is Cc1ccc2cc(CN3CCC(N)CC3)c(N3CCN(CCO)CC3)nc2c1. The summed E-state index contributed by atoms with van der Waals surface area (Å²) in [5, 5.41) is 10.4. The number of aryl methyl sites for hydroxylation is 1. The Morgan fingerprint density at radius 3 is 2.50 bits per heavy atom. The molecule has 0 radical (unpaired) electrons. The Morgan fingerprint density at radius 2 is 1.79 bits per heavy atom. The molecule has 3 heterocycles. The fourth-order valence-corrected chi connectivity index (χ4v) is 4.38. The van der Waals surface area contributed by atoms with Gasteiger partial charge in [0.25, 0.3) is 0 Å². The van der Waals surface area contributed by atoms with Crippen LogP contribution >= 0.6 is 0 Å². The molecule has 2 fully saturated rings. The van der Waals surface area contributed by atoms with Crippen molar-refractivity contribution in [1.29, 1.82) is 0 Å². The van der Waals surface area contributed by atoms with Crippen molar-refractivity contribution in [3.63, 3.8) is 0 Å². The average molecular weight is 384 g/mol. The van der Waals surface area contributed by atoms with E-state index in [0.29, 0.717) is 6.04 Å². The number of fused-ring (bicyclic) bond motifs is 1. The normalized spacial score (nSPS) is 20.2. The summed E-state index contributed by atoms with van der Waals surface area (Å²) < 4.78 is 0. The Labute approximate surface area is 167 Å². The number of piperazine rings is 1. The Balaban J connectivity index is 1.60. The van der Waals surface area contributed by atoms with Crippen molar-refractivity contribution in [2.24, 2.45) is 5.73 Å². The van der Waals surface area contributed by atoms with E-state index in [-0.39, 0.29) is 6.61 Å². The van der Waals surface area contributed by atoms with Gasteiger partial charge in [-0.2, -0.15) is 0 Å². The summed E-state index contributed by atoms with van der Waals surface area (Å²) >= 11 is 0. The van der Waals surface area contributed by atoms with E-state index in [1.807, 2.05) is 0 Å². The summed E-state index contributed by atoms with van der Waals surface area (Å²) in [5.41, 5.74) is 9.74. The van der Waals surface area contributed by atoms with Crippen LogP contribution < -0.4 is 10.6 Å². The van der Waals surface area contributed by atoms with Gasteiger partial charge in [0.15, 0.2) is 0 Å². The summed E-state index contributed by atoms with van der Waals surface area (Å²) in [7, 11) is 0. The lowest BCUT2D eigenvalue weighted by atomic mass is 10.0. The molecule has 0 bridgehead atoms. The molecule has 1 aromatic carbocycles. The van der Waals surface area contributed by atoms with Gasteiger partial charge >= 0.3 is 0 Å². The van der Waals surface area contributed by atoms with Crippen LogP contribution in [0.5, 0.6) is 0 Å². The number of hydrogen-bond donors (Lipinski definition) is 2. The summed E-state index contributed by atoms with van der Waals surface area (Å²) in [6.07, 6.45) is 2.16. The molecule has 28 heavy (non-hydrogen) atoms. The van der Waals surface area contributed by atoms with E-state index in [2.05, 4.69) is 45.9 Å². The van der Waals surface area contributed by atoms with Gasteiger partial charge in [-0.05, 0) is 50.6 Å². The van der Waals surface area contributed by atoms with Crippen LogP contribution in [0.15, 0.2) is 24.3 Å². The van der Waals surface area contributed by atoms with Crippen molar-refractivity contribution < 1.29 is 5.11 Å². The number of likely N-dealkylation sites (tertiary alicyclic amines) is 1. The van der Waals surface area contributed by atoms with Gasteiger partial charge in [0.1, 0.15) is 5.82 Å². The minimum atomic E-state index is 0.232. The molecular weight excluding hydrogens is 350 g/mol. The first kappa shape index (κ1) is 19.6. The van der Waals surface area contributed by atoms with Crippen molar-refractivity contribution in [3.8, 4) is 0 Å². The first-order chi connectivity index (χ1) is 13.6. The van der Waals surface area contributed by atoms with Crippen LogP contribution in [0.25, 0.3) is 10.9 Å².